The second kappa shape index (κ2) is 1.51. The summed E-state index contributed by atoms with van der Waals surface area (Å²) in [7, 11) is 0. The Morgan fingerprint density at radius 3 is 2.57 bits per heavy atom. The van der Waals surface area contributed by atoms with Gasteiger partial charge in [-0.1, -0.05) is 0 Å². The Morgan fingerprint density at radius 2 is 2.29 bits per heavy atom. The molecule has 1 rings (SSSR count). The maximum Gasteiger partial charge on any atom is 0.261 e. The van der Waals surface area contributed by atoms with E-state index in [0.717, 1.165) is 0 Å². The molecule has 0 aliphatic rings. The Morgan fingerprint density at radius 1 is 1.43 bits per heavy atom. The third-order valence-electron chi connectivity index (χ3n) is 0.483. The minimum absolute atomic E-state index is 0.0394. The van der Waals surface area contributed by atoms with Gasteiger partial charge in [-0.2, -0.15) is 5.10 Å². The quantitative estimate of drug-likeness (QED) is 0.447. The van der Waals surface area contributed by atoms with Gasteiger partial charge in [0, 0.05) is 0 Å². The number of nitrogens with zero attached hydrogens (tertiary/aromatic N) is 3. The van der Waals surface area contributed by atoms with Crippen molar-refractivity contribution in [2.45, 2.75) is 0 Å². The lowest BCUT2D eigenvalue weighted by molar-refractivity contribution is 0.955. The van der Waals surface area contributed by atoms with Crippen LogP contribution < -0.4 is 5.73 Å². The van der Waals surface area contributed by atoms with Crippen molar-refractivity contribution in [2.75, 3.05) is 0 Å². The molecule has 1 aromatic heterocycles. The maximum absolute atomic E-state index is 6.71. The first-order valence-electron chi connectivity index (χ1n) is 1.75. The monoisotopic (exact) mass is 95.0 g/mol. The smallest absolute Gasteiger partial charge is 0.261 e. The Bertz CT molecular complexity index is 137. The summed E-state index contributed by atoms with van der Waals surface area (Å²) >= 11 is 0. The summed E-state index contributed by atoms with van der Waals surface area (Å²) in [5.41, 5.74) is 6.71. The number of hydrogen-bond donors (Lipinski definition) is 0. The van der Waals surface area contributed by atoms with E-state index in [1.54, 1.807) is 0 Å². The van der Waals surface area contributed by atoms with Gasteiger partial charge < -0.3 is 0 Å². The Labute approximate surface area is 40.4 Å². The highest BCUT2D eigenvalue weighted by atomic mass is 15.2. The van der Waals surface area contributed by atoms with Gasteiger partial charge in [0.2, 0.25) is 0 Å². The van der Waals surface area contributed by atoms with E-state index in [9.17, 15) is 0 Å². The molecule has 4 heteroatoms. The van der Waals surface area contributed by atoms with E-state index in [1.807, 2.05) is 0 Å². The first kappa shape index (κ1) is 3.98. The summed E-state index contributed by atoms with van der Waals surface area (Å²) in [6.07, 6.45) is 2.85. The molecule has 1 N–H and O–H groups in total. The SMILES string of the molecule is [NH]c1nccnn1. The number of aromatic nitrogens is 3. The van der Waals surface area contributed by atoms with E-state index in [1.165, 1.54) is 12.4 Å². The van der Waals surface area contributed by atoms with E-state index >= 15 is 0 Å². The zero-order valence-electron chi connectivity index (χ0n) is 3.50. The van der Waals surface area contributed by atoms with Gasteiger partial charge in [0.05, 0.1) is 12.4 Å². The standard InChI is InChI=1S/C3H3N4/c4-3-5-1-2-6-7-3/h1-2,4H. The summed E-state index contributed by atoms with van der Waals surface area (Å²) in [6.45, 7) is 0. The van der Waals surface area contributed by atoms with Crippen LogP contribution >= 0.6 is 0 Å². The second-order valence-electron chi connectivity index (χ2n) is 0.966. The molecule has 0 bridgehead atoms. The molecule has 35 valence electrons. The third kappa shape index (κ3) is 0.819. The average Bonchev–Trinajstić information content (AvgIpc) is 1.69. The maximum atomic E-state index is 6.71. The van der Waals surface area contributed by atoms with Gasteiger partial charge in [-0.05, 0) is 0 Å². The number of nitrogens with one attached hydrogen (secondary N) is 1. The Balaban J connectivity index is 3.02. The summed E-state index contributed by atoms with van der Waals surface area (Å²) < 4.78 is 0. The van der Waals surface area contributed by atoms with Gasteiger partial charge in [0.15, 0.2) is 0 Å². The molecule has 0 saturated heterocycles. The first-order valence-corrected chi connectivity index (χ1v) is 1.75. The minimum Gasteiger partial charge on any atom is -0.264 e. The van der Waals surface area contributed by atoms with E-state index < -0.39 is 0 Å². The Hall–Kier alpha value is -1.19. The fraction of sp³-hybridized carbons (Fsp3) is 0. The van der Waals surface area contributed by atoms with Crippen molar-refractivity contribution in [1.82, 2.24) is 20.9 Å². The summed E-state index contributed by atoms with van der Waals surface area (Å²) in [5.74, 6) is -0.0394. The van der Waals surface area contributed by atoms with Crippen molar-refractivity contribution in [2.24, 2.45) is 0 Å². The van der Waals surface area contributed by atoms with Crippen molar-refractivity contribution in [3.63, 3.8) is 0 Å². The van der Waals surface area contributed by atoms with Crippen molar-refractivity contribution in [1.29, 1.82) is 0 Å². The number of hydrogen-bond acceptors (Lipinski definition) is 3. The molecule has 7 heavy (non-hydrogen) atoms. The topological polar surface area (TPSA) is 62.5 Å². The fourth-order valence-corrected chi connectivity index (χ4v) is 0.248. The highest BCUT2D eigenvalue weighted by Crippen LogP contribution is 1.80. The molecule has 0 amide bonds. The van der Waals surface area contributed by atoms with Crippen LogP contribution in [0.25, 0.3) is 0 Å². The molecule has 0 unspecified atom stereocenters. The van der Waals surface area contributed by atoms with E-state index in [2.05, 4.69) is 15.2 Å². The largest absolute Gasteiger partial charge is 0.264 e. The van der Waals surface area contributed by atoms with Crippen LogP contribution in [0.4, 0.5) is 5.95 Å². The molecule has 0 fully saturated rings. The molecule has 0 aliphatic carbocycles. The zero-order valence-corrected chi connectivity index (χ0v) is 3.50. The summed E-state index contributed by atoms with van der Waals surface area (Å²) in [5, 5.41) is 6.67. The van der Waals surface area contributed by atoms with Crippen molar-refractivity contribution in [3.05, 3.63) is 12.4 Å². The van der Waals surface area contributed by atoms with E-state index in [-0.39, 0.29) is 5.95 Å². The fourth-order valence-electron chi connectivity index (χ4n) is 0.248. The normalized spacial score (nSPS) is 8.57. The molecular formula is C3H3N4. The molecule has 0 aromatic carbocycles. The van der Waals surface area contributed by atoms with Crippen LogP contribution in [0.15, 0.2) is 12.4 Å². The van der Waals surface area contributed by atoms with Crippen LogP contribution in [0.1, 0.15) is 0 Å². The zero-order chi connectivity index (χ0) is 5.11. The summed E-state index contributed by atoms with van der Waals surface area (Å²) in [4.78, 5) is 3.47. The molecule has 1 heterocycles. The van der Waals surface area contributed by atoms with Crippen LogP contribution in [0, 0.1) is 0 Å². The van der Waals surface area contributed by atoms with E-state index in [4.69, 9.17) is 5.73 Å². The average molecular weight is 95.1 g/mol. The molecule has 0 saturated carbocycles. The van der Waals surface area contributed by atoms with Crippen molar-refractivity contribution < 1.29 is 0 Å². The van der Waals surface area contributed by atoms with Gasteiger partial charge in [0.25, 0.3) is 5.95 Å². The molecule has 0 aliphatic heterocycles. The van der Waals surface area contributed by atoms with Crippen LogP contribution in [0.2, 0.25) is 0 Å². The van der Waals surface area contributed by atoms with E-state index in [0.29, 0.717) is 0 Å². The van der Waals surface area contributed by atoms with Crippen LogP contribution in [-0.2, 0) is 0 Å². The molecule has 4 nitrogen and oxygen atoms in total. The van der Waals surface area contributed by atoms with Crippen molar-refractivity contribution in [3.8, 4) is 0 Å². The Kier molecular flexibility index (Phi) is 0.856. The second-order valence-corrected chi connectivity index (χ2v) is 0.966. The van der Waals surface area contributed by atoms with Gasteiger partial charge in [0.1, 0.15) is 0 Å². The lowest BCUT2D eigenvalue weighted by Crippen LogP contribution is -1.83. The molecule has 0 atom stereocenters. The first-order chi connectivity index (χ1) is 3.39. The molecular weight excluding hydrogens is 92.1 g/mol. The number of rotatable bonds is 0. The lowest BCUT2D eigenvalue weighted by atomic mass is 10.9. The highest BCUT2D eigenvalue weighted by Gasteiger charge is 1.78. The molecule has 1 aromatic rings. The highest BCUT2D eigenvalue weighted by molar-refractivity contribution is 5.01. The predicted octanol–water partition coefficient (Wildman–Crippen LogP) is -0.214. The van der Waals surface area contributed by atoms with Gasteiger partial charge >= 0.3 is 0 Å². The van der Waals surface area contributed by atoms with Gasteiger partial charge in [-0.15, -0.1) is 5.10 Å². The van der Waals surface area contributed by atoms with Crippen molar-refractivity contribution >= 4 is 5.95 Å². The van der Waals surface area contributed by atoms with Gasteiger partial charge in [-0.3, -0.25) is 5.73 Å². The lowest BCUT2D eigenvalue weighted by Gasteiger charge is -1.78. The van der Waals surface area contributed by atoms with Crippen LogP contribution in [-0.4, -0.2) is 15.2 Å². The van der Waals surface area contributed by atoms with Crippen LogP contribution in [0.5, 0.6) is 0 Å². The molecule has 0 spiro atoms. The van der Waals surface area contributed by atoms with Gasteiger partial charge in [-0.25, -0.2) is 4.98 Å². The minimum atomic E-state index is -0.0394. The molecule has 1 radical (unpaired) electrons. The summed E-state index contributed by atoms with van der Waals surface area (Å²) in [6, 6.07) is 0. The van der Waals surface area contributed by atoms with Crippen LogP contribution in [0.3, 0.4) is 0 Å². The third-order valence-corrected chi connectivity index (χ3v) is 0.483. The predicted molar refractivity (Wildman–Crippen MR) is 22.6 cm³/mol.